The topological polar surface area (TPSA) is 40.6 Å². The van der Waals surface area contributed by atoms with Crippen LogP contribution in [0.15, 0.2) is 12.4 Å². The predicted molar refractivity (Wildman–Crippen MR) is 92.3 cm³/mol. The van der Waals surface area contributed by atoms with E-state index >= 15 is 0 Å². The summed E-state index contributed by atoms with van der Waals surface area (Å²) in [5, 5.41) is 0. The molecule has 0 unspecified atom stereocenters. The van der Waals surface area contributed by atoms with E-state index in [-0.39, 0.29) is 16.6 Å². The van der Waals surface area contributed by atoms with Crippen LogP contribution in [0.25, 0.3) is 0 Å². The minimum absolute atomic E-state index is 0.0607. The lowest BCUT2D eigenvalue weighted by atomic mass is 9.70. The first-order chi connectivity index (χ1) is 10.5. The number of hydrogen-bond donors (Lipinski definition) is 0. The van der Waals surface area contributed by atoms with Crippen molar-refractivity contribution in [2.75, 3.05) is 0 Å². The zero-order chi connectivity index (χ0) is 17.0. The van der Waals surface area contributed by atoms with E-state index in [1.807, 2.05) is 6.20 Å². The zero-order valence-corrected chi connectivity index (χ0v) is 15.4. The smallest absolute Gasteiger partial charge is 0.489 e. The molecular weight excluding hydrogens is 289 g/mol. The number of hydrogen-bond acceptors (Lipinski definition) is 4. The Hall–Kier alpha value is -1.07. The summed E-state index contributed by atoms with van der Waals surface area (Å²) in [5.74, 6) is 0.804. The van der Waals surface area contributed by atoms with Gasteiger partial charge in [0.15, 0.2) is 0 Å². The molecule has 2 fully saturated rings. The number of ether oxygens (including phenoxy) is 1. The van der Waals surface area contributed by atoms with Gasteiger partial charge in [0, 0.05) is 11.7 Å². The highest BCUT2D eigenvalue weighted by Crippen LogP contribution is 2.39. The minimum atomic E-state index is -0.425. The average molecular weight is 317 g/mol. The number of rotatable bonds is 3. The Morgan fingerprint density at radius 3 is 2.13 bits per heavy atom. The van der Waals surface area contributed by atoms with Crippen LogP contribution in [0.4, 0.5) is 0 Å². The Morgan fingerprint density at radius 1 is 1.09 bits per heavy atom. The number of nitrogens with zero attached hydrogens (tertiary/aromatic N) is 1. The maximum absolute atomic E-state index is 6.30. The zero-order valence-electron chi connectivity index (χ0n) is 15.4. The fourth-order valence-electron chi connectivity index (χ4n) is 2.71. The Balaban J connectivity index is 2.05. The van der Waals surface area contributed by atoms with Crippen LogP contribution in [-0.2, 0) is 14.7 Å². The molecule has 126 valence electrons. The van der Waals surface area contributed by atoms with Crippen LogP contribution in [-0.4, -0.2) is 29.4 Å². The molecule has 5 heteroatoms. The molecule has 3 rings (SSSR count). The standard InChI is InChI=1S/C18H28BNO3/c1-16(2,3)13-10-20-11-14(21-12-8-9-12)15(13)19-22-17(4,5)18(6,7)23-19/h10-12H,8-9H2,1-7H3. The second-order valence-corrected chi connectivity index (χ2v) is 8.75. The van der Waals surface area contributed by atoms with Gasteiger partial charge >= 0.3 is 7.12 Å². The lowest BCUT2D eigenvalue weighted by molar-refractivity contribution is 0.00578. The van der Waals surface area contributed by atoms with Crippen molar-refractivity contribution in [1.29, 1.82) is 0 Å². The van der Waals surface area contributed by atoms with Crippen LogP contribution >= 0.6 is 0 Å². The van der Waals surface area contributed by atoms with Crippen molar-refractivity contribution in [3.8, 4) is 5.75 Å². The van der Waals surface area contributed by atoms with E-state index in [0.29, 0.717) is 6.10 Å². The predicted octanol–water partition coefficient (Wildman–Crippen LogP) is 3.22. The molecule has 0 N–H and O–H groups in total. The summed E-state index contributed by atoms with van der Waals surface area (Å²) < 4.78 is 18.7. The third-order valence-corrected chi connectivity index (χ3v) is 5.07. The van der Waals surface area contributed by atoms with Crippen LogP contribution in [0.3, 0.4) is 0 Å². The van der Waals surface area contributed by atoms with Gasteiger partial charge in [-0.2, -0.15) is 0 Å². The molecule has 1 saturated carbocycles. The van der Waals surface area contributed by atoms with Gasteiger partial charge < -0.3 is 14.0 Å². The van der Waals surface area contributed by atoms with Crippen molar-refractivity contribution in [2.45, 2.75) is 84.0 Å². The first-order valence-corrected chi connectivity index (χ1v) is 8.52. The molecule has 4 nitrogen and oxygen atoms in total. The summed E-state index contributed by atoms with van der Waals surface area (Å²) in [7, 11) is -0.425. The van der Waals surface area contributed by atoms with Gasteiger partial charge in [0.2, 0.25) is 0 Å². The van der Waals surface area contributed by atoms with E-state index in [4.69, 9.17) is 14.0 Å². The normalized spacial score (nSPS) is 23.2. The summed E-state index contributed by atoms with van der Waals surface area (Å²) >= 11 is 0. The van der Waals surface area contributed by atoms with Crippen molar-refractivity contribution < 1.29 is 14.0 Å². The summed E-state index contributed by atoms with van der Waals surface area (Å²) in [4.78, 5) is 4.40. The summed E-state index contributed by atoms with van der Waals surface area (Å²) in [6.07, 6.45) is 6.26. The molecule has 0 atom stereocenters. The molecule has 2 heterocycles. The first-order valence-electron chi connectivity index (χ1n) is 8.52. The van der Waals surface area contributed by atoms with Gasteiger partial charge in [0.05, 0.1) is 23.5 Å². The molecule has 23 heavy (non-hydrogen) atoms. The summed E-state index contributed by atoms with van der Waals surface area (Å²) in [5.41, 5.74) is 1.32. The van der Waals surface area contributed by atoms with Crippen LogP contribution in [0.2, 0.25) is 0 Å². The first kappa shape index (κ1) is 16.8. The van der Waals surface area contributed by atoms with E-state index in [1.54, 1.807) is 6.20 Å². The van der Waals surface area contributed by atoms with Gasteiger partial charge in [-0.3, -0.25) is 4.98 Å². The van der Waals surface area contributed by atoms with Gasteiger partial charge in [-0.25, -0.2) is 0 Å². The Morgan fingerprint density at radius 2 is 1.65 bits per heavy atom. The summed E-state index contributed by atoms with van der Waals surface area (Å²) in [6.45, 7) is 14.8. The molecule has 0 radical (unpaired) electrons. The quantitative estimate of drug-likeness (QED) is 0.803. The molecule has 0 bridgehead atoms. The maximum Gasteiger partial charge on any atom is 0.499 e. The Bertz CT molecular complexity index is 587. The van der Waals surface area contributed by atoms with E-state index in [1.165, 1.54) is 0 Å². The molecule has 1 aliphatic carbocycles. The van der Waals surface area contributed by atoms with E-state index in [9.17, 15) is 0 Å². The van der Waals surface area contributed by atoms with Gasteiger partial charge in [-0.1, -0.05) is 20.8 Å². The van der Waals surface area contributed by atoms with Gasteiger partial charge in [-0.15, -0.1) is 0 Å². The fraction of sp³-hybridized carbons (Fsp3) is 0.722. The van der Waals surface area contributed by atoms with Crippen molar-refractivity contribution in [3.63, 3.8) is 0 Å². The van der Waals surface area contributed by atoms with Crippen molar-refractivity contribution in [3.05, 3.63) is 18.0 Å². The second kappa shape index (κ2) is 5.22. The molecule has 1 saturated heterocycles. The highest BCUT2D eigenvalue weighted by molar-refractivity contribution is 6.63. The van der Waals surface area contributed by atoms with Gasteiger partial charge in [-0.05, 0) is 51.5 Å². The van der Waals surface area contributed by atoms with Crippen LogP contribution in [0.5, 0.6) is 5.75 Å². The van der Waals surface area contributed by atoms with Crippen LogP contribution < -0.4 is 10.2 Å². The van der Waals surface area contributed by atoms with Crippen molar-refractivity contribution >= 4 is 12.6 Å². The van der Waals surface area contributed by atoms with Gasteiger partial charge in [0.25, 0.3) is 0 Å². The molecule has 0 spiro atoms. The lowest BCUT2D eigenvalue weighted by Gasteiger charge is -2.32. The molecule has 1 aromatic heterocycles. The van der Waals surface area contributed by atoms with Gasteiger partial charge in [0.1, 0.15) is 5.75 Å². The van der Waals surface area contributed by atoms with E-state index < -0.39 is 7.12 Å². The molecular formula is C18H28BNO3. The SMILES string of the molecule is CC(C)(C)c1cncc(OC2CC2)c1B1OC(C)(C)C(C)(C)O1. The van der Waals surface area contributed by atoms with Crippen molar-refractivity contribution in [2.24, 2.45) is 0 Å². The second-order valence-electron chi connectivity index (χ2n) is 8.75. The molecule has 1 aliphatic heterocycles. The summed E-state index contributed by atoms with van der Waals surface area (Å²) in [6, 6.07) is 0. The monoisotopic (exact) mass is 317 g/mol. The number of pyridine rings is 1. The minimum Gasteiger partial charge on any atom is -0.489 e. The number of aromatic nitrogens is 1. The highest BCUT2D eigenvalue weighted by Gasteiger charge is 2.53. The third-order valence-electron chi connectivity index (χ3n) is 5.07. The van der Waals surface area contributed by atoms with E-state index in [0.717, 1.165) is 29.6 Å². The molecule has 0 aromatic carbocycles. The largest absolute Gasteiger partial charge is 0.499 e. The van der Waals surface area contributed by atoms with E-state index in [2.05, 4.69) is 53.5 Å². The Labute approximate surface area is 140 Å². The fourth-order valence-corrected chi connectivity index (χ4v) is 2.71. The lowest BCUT2D eigenvalue weighted by Crippen LogP contribution is -2.41. The Kier molecular flexibility index (Phi) is 3.81. The molecule has 2 aliphatic rings. The molecule has 1 aromatic rings. The molecule has 0 amide bonds. The third kappa shape index (κ3) is 3.13. The van der Waals surface area contributed by atoms with Crippen molar-refractivity contribution in [1.82, 2.24) is 4.98 Å². The highest BCUT2D eigenvalue weighted by atomic mass is 16.7. The maximum atomic E-state index is 6.30. The van der Waals surface area contributed by atoms with Crippen LogP contribution in [0.1, 0.15) is 66.9 Å². The van der Waals surface area contributed by atoms with Crippen LogP contribution in [0, 0.1) is 0 Å². The average Bonchev–Trinajstić information content (AvgIpc) is 3.16.